The van der Waals surface area contributed by atoms with E-state index in [1.54, 1.807) is 0 Å². The minimum atomic E-state index is -0.242. The molecule has 3 unspecified atom stereocenters. The highest BCUT2D eigenvalue weighted by Crippen LogP contribution is 2.29. The third kappa shape index (κ3) is 3.38. The largest absolute Gasteiger partial charge is 0.329 e. The van der Waals surface area contributed by atoms with Gasteiger partial charge in [-0.15, -0.1) is 0 Å². The Balaban J connectivity index is 2.13. The Morgan fingerprint density at radius 2 is 2.00 bits per heavy atom. The van der Waals surface area contributed by atoms with Crippen molar-refractivity contribution in [3.63, 3.8) is 0 Å². The van der Waals surface area contributed by atoms with E-state index < -0.39 is 0 Å². The average molecular weight is 312 g/mol. The summed E-state index contributed by atoms with van der Waals surface area (Å²) in [5.74, 6) is 2.53. The summed E-state index contributed by atoms with van der Waals surface area (Å²) in [5, 5.41) is 0. The van der Waals surface area contributed by atoms with Gasteiger partial charge in [-0.1, -0.05) is 13.8 Å². The Morgan fingerprint density at radius 1 is 1.24 bits per heavy atom. The topological polar surface area (TPSA) is 40.6 Å². The maximum absolute atomic E-state index is 12.9. The minimum Gasteiger partial charge on any atom is -0.329 e. The quantitative estimate of drug-likeness (QED) is 0.708. The first kappa shape index (κ1) is 16.7. The maximum atomic E-state index is 12.9. The van der Waals surface area contributed by atoms with Crippen LogP contribution in [0.1, 0.15) is 52.9 Å². The van der Waals surface area contributed by atoms with Crippen molar-refractivity contribution in [2.75, 3.05) is 18.1 Å². The Labute approximate surface area is 132 Å². The van der Waals surface area contributed by atoms with Crippen molar-refractivity contribution >= 4 is 23.6 Å². The normalized spacial score (nSPS) is 27.8. The molecule has 21 heavy (non-hydrogen) atoms. The molecular weight excluding hydrogens is 284 g/mol. The van der Waals surface area contributed by atoms with Crippen LogP contribution >= 0.6 is 11.8 Å². The number of fused-ring (bicyclic) bond motifs is 1. The van der Waals surface area contributed by atoms with Crippen LogP contribution in [0.2, 0.25) is 0 Å². The van der Waals surface area contributed by atoms with Gasteiger partial charge in [-0.3, -0.25) is 9.59 Å². The van der Waals surface area contributed by atoms with Gasteiger partial charge in [0, 0.05) is 12.6 Å². The molecule has 5 heteroatoms. The zero-order chi connectivity index (χ0) is 15.4. The number of amides is 2. The van der Waals surface area contributed by atoms with Crippen molar-refractivity contribution in [3.05, 3.63) is 0 Å². The Hall–Kier alpha value is -0.710. The Morgan fingerprint density at radius 3 is 2.67 bits per heavy atom. The van der Waals surface area contributed by atoms with Crippen molar-refractivity contribution in [2.24, 2.45) is 0 Å². The second kappa shape index (κ2) is 7.52. The van der Waals surface area contributed by atoms with E-state index in [9.17, 15) is 9.59 Å². The Kier molecular flexibility index (Phi) is 5.97. The smallest absolute Gasteiger partial charge is 0.246 e. The number of piperazine rings is 1. The summed E-state index contributed by atoms with van der Waals surface area (Å²) in [4.78, 5) is 29.3. The lowest BCUT2D eigenvalue weighted by atomic mass is 9.93. The first-order valence-electron chi connectivity index (χ1n) is 8.32. The number of nitrogens with zero attached hydrogens (tertiary/aromatic N) is 2. The third-order valence-corrected chi connectivity index (χ3v) is 5.62. The zero-order valence-corrected chi connectivity index (χ0v) is 14.3. The molecule has 2 aliphatic rings. The van der Waals surface area contributed by atoms with Gasteiger partial charge in [0.2, 0.25) is 11.8 Å². The van der Waals surface area contributed by atoms with E-state index in [2.05, 4.69) is 13.8 Å². The summed E-state index contributed by atoms with van der Waals surface area (Å²) < 4.78 is 0. The number of carbonyl (C=O) groups is 2. The first-order chi connectivity index (χ1) is 10.1. The Bertz CT molecular complexity index is 388. The van der Waals surface area contributed by atoms with Gasteiger partial charge < -0.3 is 9.80 Å². The zero-order valence-electron chi connectivity index (χ0n) is 13.5. The molecule has 2 rings (SSSR count). The molecule has 0 radical (unpaired) electrons. The van der Waals surface area contributed by atoms with Gasteiger partial charge in [-0.05, 0) is 50.5 Å². The summed E-state index contributed by atoms with van der Waals surface area (Å²) in [7, 11) is 0. The van der Waals surface area contributed by atoms with Crippen molar-refractivity contribution in [1.82, 2.24) is 9.80 Å². The molecule has 0 aromatic heterocycles. The fourth-order valence-corrected chi connectivity index (χ4v) is 4.32. The molecule has 0 bridgehead atoms. The van der Waals surface area contributed by atoms with Crippen LogP contribution in [0.5, 0.6) is 0 Å². The molecule has 0 aromatic carbocycles. The van der Waals surface area contributed by atoms with Gasteiger partial charge in [-0.25, -0.2) is 0 Å². The lowest BCUT2D eigenvalue weighted by Crippen LogP contribution is -2.67. The van der Waals surface area contributed by atoms with Gasteiger partial charge >= 0.3 is 0 Å². The summed E-state index contributed by atoms with van der Waals surface area (Å²) in [6.45, 7) is 7.03. The third-order valence-electron chi connectivity index (χ3n) is 4.69. The predicted molar refractivity (Wildman–Crippen MR) is 87.4 cm³/mol. The molecule has 0 saturated carbocycles. The van der Waals surface area contributed by atoms with E-state index in [0.717, 1.165) is 50.2 Å². The lowest BCUT2D eigenvalue weighted by molar-refractivity contribution is -0.166. The van der Waals surface area contributed by atoms with Crippen LogP contribution in [0.25, 0.3) is 0 Å². The fourth-order valence-electron chi connectivity index (χ4n) is 3.52. The van der Waals surface area contributed by atoms with Gasteiger partial charge in [-0.2, -0.15) is 11.8 Å². The monoisotopic (exact) mass is 312 g/mol. The summed E-state index contributed by atoms with van der Waals surface area (Å²) in [6, 6.07) is -0.265. The van der Waals surface area contributed by atoms with E-state index >= 15 is 0 Å². The molecule has 2 heterocycles. The van der Waals surface area contributed by atoms with Crippen molar-refractivity contribution in [1.29, 1.82) is 0 Å². The fraction of sp³-hybridized carbons (Fsp3) is 0.875. The van der Waals surface area contributed by atoms with Crippen LogP contribution < -0.4 is 0 Å². The summed E-state index contributed by atoms with van der Waals surface area (Å²) in [6.07, 6.45) is 4.63. The van der Waals surface area contributed by atoms with Crippen LogP contribution in [-0.4, -0.2) is 57.8 Å². The van der Waals surface area contributed by atoms with Crippen molar-refractivity contribution in [3.8, 4) is 0 Å². The molecule has 2 saturated heterocycles. The van der Waals surface area contributed by atoms with Crippen LogP contribution in [0.15, 0.2) is 0 Å². The number of hydrogen-bond acceptors (Lipinski definition) is 3. The molecule has 2 amide bonds. The molecule has 2 aliphatic heterocycles. The standard InChI is InChI=1S/C16H28N2O2S/c1-4-13-15(19)17-10-7-6-8-14(17)16(20)18(13)12(3)9-11-21-5-2/h12-14H,4-11H2,1-3H3. The molecular formula is C16H28N2O2S. The number of hydrogen-bond donors (Lipinski definition) is 0. The van der Waals surface area contributed by atoms with Crippen LogP contribution in [0.3, 0.4) is 0 Å². The average Bonchev–Trinajstić information content (AvgIpc) is 2.50. The molecule has 0 N–H and O–H groups in total. The molecule has 0 spiro atoms. The molecule has 120 valence electrons. The molecule has 0 aliphatic carbocycles. The van der Waals surface area contributed by atoms with Gasteiger partial charge in [0.1, 0.15) is 12.1 Å². The second-order valence-corrected chi connectivity index (χ2v) is 7.44. The van der Waals surface area contributed by atoms with Crippen LogP contribution in [0, 0.1) is 0 Å². The number of piperidine rings is 1. The van der Waals surface area contributed by atoms with E-state index in [0.29, 0.717) is 0 Å². The molecule has 0 aromatic rings. The van der Waals surface area contributed by atoms with Crippen molar-refractivity contribution < 1.29 is 9.59 Å². The lowest BCUT2D eigenvalue weighted by Gasteiger charge is -2.49. The van der Waals surface area contributed by atoms with Crippen LogP contribution in [-0.2, 0) is 9.59 Å². The molecule has 4 nitrogen and oxygen atoms in total. The van der Waals surface area contributed by atoms with Gasteiger partial charge in [0.05, 0.1) is 0 Å². The van der Waals surface area contributed by atoms with E-state index in [4.69, 9.17) is 0 Å². The maximum Gasteiger partial charge on any atom is 0.246 e. The molecule has 3 atom stereocenters. The highest BCUT2D eigenvalue weighted by atomic mass is 32.2. The molecule has 2 fully saturated rings. The van der Waals surface area contributed by atoms with Gasteiger partial charge in [0.25, 0.3) is 0 Å². The van der Waals surface area contributed by atoms with Crippen LogP contribution in [0.4, 0.5) is 0 Å². The second-order valence-electron chi connectivity index (χ2n) is 6.05. The number of carbonyl (C=O) groups excluding carboxylic acids is 2. The highest BCUT2D eigenvalue weighted by Gasteiger charge is 2.46. The van der Waals surface area contributed by atoms with E-state index in [1.807, 2.05) is 28.5 Å². The van der Waals surface area contributed by atoms with E-state index in [-0.39, 0.29) is 29.9 Å². The van der Waals surface area contributed by atoms with Gasteiger partial charge in [0.15, 0.2) is 0 Å². The number of thioether (sulfide) groups is 1. The minimum absolute atomic E-state index is 0.162. The SMILES string of the molecule is CCSCCC(C)N1C(=O)C2CCCCN2C(=O)C1CC. The van der Waals surface area contributed by atoms with Crippen molar-refractivity contribution in [2.45, 2.75) is 71.0 Å². The summed E-state index contributed by atoms with van der Waals surface area (Å²) in [5.41, 5.74) is 0. The highest BCUT2D eigenvalue weighted by molar-refractivity contribution is 7.99. The predicted octanol–water partition coefficient (Wildman–Crippen LogP) is 2.52. The summed E-state index contributed by atoms with van der Waals surface area (Å²) >= 11 is 1.90. The number of rotatable bonds is 6. The first-order valence-corrected chi connectivity index (χ1v) is 9.47. The van der Waals surface area contributed by atoms with E-state index in [1.165, 1.54) is 0 Å².